The number of hydrogen-bond acceptors (Lipinski definition) is 6. The molecular weight excluding hydrogens is 308 g/mol. The van der Waals surface area contributed by atoms with Gasteiger partial charge in [-0.05, 0) is 5.56 Å². The largest absolute Gasteiger partial charge is 0.443 e. The first kappa shape index (κ1) is 17.0. The van der Waals surface area contributed by atoms with Crippen molar-refractivity contribution in [2.24, 2.45) is 11.1 Å². The molecule has 0 radical (unpaired) electrons. The summed E-state index contributed by atoms with van der Waals surface area (Å²) in [6, 6.07) is 9.89. The minimum atomic E-state index is -0.789. The van der Waals surface area contributed by atoms with Crippen molar-refractivity contribution in [3.8, 4) is 12.1 Å². The third-order valence-corrected chi connectivity index (χ3v) is 3.64. The molecule has 1 atom stereocenters. The molecule has 0 bridgehead atoms. The molecule has 0 aliphatic carbocycles. The summed E-state index contributed by atoms with van der Waals surface area (Å²) in [5, 5.41) is 30.1. The zero-order valence-electron chi connectivity index (χ0n) is 13.5. The van der Waals surface area contributed by atoms with Gasteiger partial charge in [-0.1, -0.05) is 32.9 Å². The van der Waals surface area contributed by atoms with E-state index in [9.17, 15) is 20.6 Å². The lowest BCUT2D eigenvalue weighted by Gasteiger charge is -2.32. The smallest absolute Gasteiger partial charge is 0.269 e. The molecule has 0 aromatic heterocycles. The summed E-state index contributed by atoms with van der Waals surface area (Å²) < 4.78 is 5.55. The van der Waals surface area contributed by atoms with Gasteiger partial charge >= 0.3 is 0 Å². The number of rotatable bonds is 2. The number of nitro groups is 1. The van der Waals surface area contributed by atoms with Crippen LogP contribution in [0.3, 0.4) is 0 Å². The molecule has 2 N–H and O–H groups in total. The lowest BCUT2D eigenvalue weighted by Crippen LogP contribution is -2.26. The van der Waals surface area contributed by atoms with Crippen LogP contribution in [0.4, 0.5) is 5.69 Å². The second kappa shape index (κ2) is 6.05. The van der Waals surface area contributed by atoms with E-state index in [1.165, 1.54) is 18.2 Å². The lowest BCUT2D eigenvalue weighted by molar-refractivity contribution is -0.384. The first-order valence-electron chi connectivity index (χ1n) is 7.17. The Morgan fingerprint density at radius 3 is 2.38 bits per heavy atom. The molecule has 0 spiro atoms. The van der Waals surface area contributed by atoms with Gasteiger partial charge in [-0.25, -0.2) is 0 Å². The molecule has 0 amide bonds. The Balaban J connectivity index is 2.75. The molecule has 1 unspecified atom stereocenters. The molecule has 122 valence electrons. The summed E-state index contributed by atoms with van der Waals surface area (Å²) in [5.74, 6) is -0.515. The molecular formula is C17H16N4O3. The summed E-state index contributed by atoms with van der Waals surface area (Å²) in [6.45, 7) is 5.57. The molecule has 0 saturated heterocycles. The summed E-state index contributed by atoms with van der Waals surface area (Å²) in [4.78, 5) is 10.5. The molecule has 1 aliphatic rings. The number of hydrogen-bond donors (Lipinski definition) is 1. The van der Waals surface area contributed by atoms with E-state index in [0.29, 0.717) is 11.3 Å². The van der Waals surface area contributed by atoms with Gasteiger partial charge in [0, 0.05) is 17.5 Å². The molecule has 1 aromatic carbocycles. The van der Waals surface area contributed by atoms with Crippen LogP contribution in [0.2, 0.25) is 0 Å². The standard InChI is InChI=1S/C17H16N4O3/c1-17(2,3)15-12(8-18)14(13(9-19)16(20)24-15)10-5-4-6-11(7-10)21(22)23/h4-7,14H,20H2,1-3H3. The summed E-state index contributed by atoms with van der Waals surface area (Å²) in [6.07, 6.45) is 0. The maximum atomic E-state index is 11.0. The number of nitriles is 2. The van der Waals surface area contributed by atoms with E-state index in [1.54, 1.807) is 6.07 Å². The number of nitro benzene ring substituents is 1. The SMILES string of the molecule is CC(C)(C)C1=C(C#N)C(c2cccc([N+](=O)[O-])c2)C(C#N)=C(N)O1. The Morgan fingerprint density at radius 1 is 1.25 bits per heavy atom. The van der Waals surface area contributed by atoms with Gasteiger partial charge in [0.1, 0.15) is 17.4 Å². The highest BCUT2D eigenvalue weighted by molar-refractivity contribution is 5.55. The van der Waals surface area contributed by atoms with Crippen LogP contribution in [-0.4, -0.2) is 4.92 Å². The van der Waals surface area contributed by atoms with Crippen LogP contribution < -0.4 is 5.73 Å². The van der Waals surface area contributed by atoms with Crippen molar-refractivity contribution in [3.05, 3.63) is 62.7 Å². The summed E-state index contributed by atoms with van der Waals surface area (Å²) >= 11 is 0. The fourth-order valence-electron chi connectivity index (χ4n) is 2.58. The maximum absolute atomic E-state index is 11.0. The Hall–Kier alpha value is -3.32. The highest BCUT2D eigenvalue weighted by atomic mass is 16.6. The van der Waals surface area contributed by atoms with Crippen molar-refractivity contribution in [2.45, 2.75) is 26.7 Å². The molecule has 24 heavy (non-hydrogen) atoms. The van der Waals surface area contributed by atoms with Crippen LogP contribution >= 0.6 is 0 Å². The van der Waals surface area contributed by atoms with Crippen LogP contribution in [0, 0.1) is 38.2 Å². The topological polar surface area (TPSA) is 126 Å². The average molecular weight is 324 g/mol. The van der Waals surface area contributed by atoms with Crippen molar-refractivity contribution in [1.82, 2.24) is 0 Å². The molecule has 7 nitrogen and oxygen atoms in total. The van der Waals surface area contributed by atoms with E-state index < -0.39 is 16.3 Å². The number of non-ortho nitro benzene ring substituents is 1. The van der Waals surface area contributed by atoms with Gasteiger partial charge in [0.2, 0.25) is 5.88 Å². The van der Waals surface area contributed by atoms with Gasteiger partial charge in [0.25, 0.3) is 5.69 Å². The Bertz CT molecular complexity index is 848. The van der Waals surface area contributed by atoms with Gasteiger partial charge in [0.15, 0.2) is 0 Å². The molecule has 0 saturated carbocycles. The van der Waals surface area contributed by atoms with Crippen LogP contribution in [0.5, 0.6) is 0 Å². The number of nitrogens with zero attached hydrogens (tertiary/aromatic N) is 3. The number of nitrogens with two attached hydrogens (primary N) is 1. The van der Waals surface area contributed by atoms with Gasteiger partial charge in [0.05, 0.1) is 22.5 Å². The Labute approximate surface area is 139 Å². The van der Waals surface area contributed by atoms with E-state index in [-0.39, 0.29) is 22.7 Å². The first-order chi connectivity index (χ1) is 11.2. The van der Waals surface area contributed by atoms with Crippen molar-refractivity contribution < 1.29 is 9.66 Å². The third kappa shape index (κ3) is 2.92. The summed E-state index contributed by atoms with van der Waals surface area (Å²) in [5.41, 5.74) is 5.99. The highest BCUT2D eigenvalue weighted by Crippen LogP contribution is 2.44. The number of ether oxygens (including phenoxy) is 1. The summed E-state index contributed by atoms with van der Waals surface area (Å²) in [7, 11) is 0. The first-order valence-corrected chi connectivity index (χ1v) is 7.17. The fraction of sp³-hybridized carbons (Fsp3) is 0.294. The van der Waals surface area contributed by atoms with Gasteiger partial charge in [-0.15, -0.1) is 0 Å². The minimum Gasteiger partial charge on any atom is -0.443 e. The van der Waals surface area contributed by atoms with E-state index in [1.807, 2.05) is 26.8 Å². The van der Waals surface area contributed by atoms with Crippen molar-refractivity contribution in [2.75, 3.05) is 0 Å². The zero-order valence-corrected chi connectivity index (χ0v) is 13.5. The van der Waals surface area contributed by atoms with Gasteiger partial charge in [-0.3, -0.25) is 10.1 Å². The molecule has 0 fully saturated rings. The van der Waals surface area contributed by atoms with Gasteiger partial charge in [-0.2, -0.15) is 10.5 Å². The Morgan fingerprint density at radius 2 is 1.88 bits per heavy atom. The molecule has 7 heteroatoms. The van der Waals surface area contributed by atoms with Crippen LogP contribution in [-0.2, 0) is 4.74 Å². The van der Waals surface area contributed by atoms with Crippen LogP contribution in [0.25, 0.3) is 0 Å². The Kier molecular flexibility index (Phi) is 4.30. The lowest BCUT2D eigenvalue weighted by atomic mass is 9.79. The van der Waals surface area contributed by atoms with E-state index >= 15 is 0 Å². The highest BCUT2D eigenvalue weighted by Gasteiger charge is 2.37. The van der Waals surface area contributed by atoms with E-state index in [4.69, 9.17) is 10.5 Å². The molecule has 1 aromatic rings. The molecule has 2 rings (SSSR count). The fourth-order valence-corrected chi connectivity index (χ4v) is 2.58. The zero-order chi connectivity index (χ0) is 18.1. The van der Waals surface area contributed by atoms with E-state index in [0.717, 1.165) is 0 Å². The number of benzene rings is 1. The average Bonchev–Trinajstić information content (AvgIpc) is 2.52. The monoisotopic (exact) mass is 324 g/mol. The van der Waals surface area contributed by atoms with Crippen molar-refractivity contribution in [1.29, 1.82) is 10.5 Å². The normalized spacial score (nSPS) is 17.8. The second-order valence-corrected chi connectivity index (χ2v) is 6.38. The quantitative estimate of drug-likeness (QED) is 0.657. The minimum absolute atomic E-state index is 0.0695. The van der Waals surface area contributed by atoms with Gasteiger partial charge < -0.3 is 10.5 Å². The van der Waals surface area contributed by atoms with E-state index in [2.05, 4.69) is 6.07 Å². The van der Waals surface area contributed by atoms with Crippen molar-refractivity contribution >= 4 is 5.69 Å². The predicted octanol–water partition coefficient (Wildman–Crippen LogP) is 3.23. The number of allylic oxidation sites excluding steroid dienone is 3. The van der Waals surface area contributed by atoms with Crippen LogP contribution in [0.15, 0.2) is 47.1 Å². The molecule has 1 aliphatic heterocycles. The predicted molar refractivity (Wildman–Crippen MR) is 85.8 cm³/mol. The maximum Gasteiger partial charge on any atom is 0.269 e. The third-order valence-electron chi connectivity index (χ3n) is 3.64. The van der Waals surface area contributed by atoms with Crippen molar-refractivity contribution in [3.63, 3.8) is 0 Å². The molecule has 1 heterocycles. The van der Waals surface area contributed by atoms with Crippen LogP contribution in [0.1, 0.15) is 32.3 Å². The second-order valence-electron chi connectivity index (χ2n) is 6.38.